The maximum absolute atomic E-state index is 14.0. The summed E-state index contributed by atoms with van der Waals surface area (Å²) < 4.78 is 47.2. The quantitative estimate of drug-likeness (QED) is 0.806. The van der Waals surface area contributed by atoms with E-state index >= 15 is 0 Å². The van der Waals surface area contributed by atoms with E-state index in [4.69, 9.17) is 4.74 Å². The van der Waals surface area contributed by atoms with Crippen LogP contribution in [0.1, 0.15) is 12.5 Å². The first kappa shape index (κ1) is 18.1. The van der Waals surface area contributed by atoms with Gasteiger partial charge < -0.3 is 4.74 Å². The standard InChI is InChI=1S/C16H17BrFNO3S/c1-16(22-2,12-7-3-5-9-14(12)18)11-19-23(20,21)15-10-6-4-8-13(15)17/h3-10,19H,11H2,1-2H3. The zero-order valence-electron chi connectivity index (χ0n) is 12.7. The summed E-state index contributed by atoms with van der Waals surface area (Å²) in [6.07, 6.45) is 0. The molecule has 124 valence electrons. The molecule has 1 N–H and O–H groups in total. The second-order valence-electron chi connectivity index (χ2n) is 5.17. The van der Waals surface area contributed by atoms with Crippen LogP contribution in [-0.2, 0) is 20.4 Å². The summed E-state index contributed by atoms with van der Waals surface area (Å²) in [5.41, 5.74) is -0.836. The van der Waals surface area contributed by atoms with Crippen molar-refractivity contribution in [3.63, 3.8) is 0 Å². The van der Waals surface area contributed by atoms with Crippen molar-refractivity contribution in [2.24, 2.45) is 0 Å². The molecular formula is C16H17BrFNO3S. The fourth-order valence-corrected chi connectivity index (χ4v) is 4.27. The number of sulfonamides is 1. The first-order chi connectivity index (χ1) is 10.8. The van der Waals surface area contributed by atoms with Crippen molar-refractivity contribution in [3.8, 4) is 0 Å². The molecule has 0 heterocycles. The van der Waals surface area contributed by atoms with E-state index in [1.165, 1.54) is 19.2 Å². The number of benzene rings is 2. The number of hydrogen-bond acceptors (Lipinski definition) is 3. The molecule has 4 nitrogen and oxygen atoms in total. The number of methoxy groups -OCH3 is 1. The molecule has 0 aliphatic carbocycles. The fraction of sp³-hybridized carbons (Fsp3) is 0.250. The molecule has 0 fully saturated rings. The lowest BCUT2D eigenvalue weighted by Crippen LogP contribution is -2.40. The Balaban J connectivity index is 2.27. The molecule has 0 amide bonds. The Kier molecular flexibility index (Phi) is 5.57. The third-order valence-corrected chi connectivity index (χ3v) is 6.03. The average Bonchev–Trinajstić information content (AvgIpc) is 2.53. The van der Waals surface area contributed by atoms with Gasteiger partial charge in [0, 0.05) is 23.7 Å². The van der Waals surface area contributed by atoms with Gasteiger partial charge in [-0.3, -0.25) is 0 Å². The van der Waals surface area contributed by atoms with E-state index in [9.17, 15) is 12.8 Å². The highest BCUT2D eigenvalue weighted by molar-refractivity contribution is 9.10. The number of hydrogen-bond donors (Lipinski definition) is 1. The van der Waals surface area contributed by atoms with Gasteiger partial charge in [-0.15, -0.1) is 0 Å². The van der Waals surface area contributed by atoms with Gasteiger partial charge in [-0.05, 0) is 41.1 Å². The van der Waals surface area contributed by atoms with Gasteiger partial charge in [-0.25, -0.2) is 17.5 Å². The van der Waals surface area contributed by atoms with Crippen molar-refractivity contribution in [1.29, 1.82) is 0 Å². The summed E-state index contributed by atoms with van der Waals surface area (Å²) >= 11 is 3.22. The Morgan fingerprint density at radius 3 is 2.39 bits per heavy atom. The molecule has 1 unspecified atom stereocenters. The minimum Gasteiger partial charge on any atom is -0.372 e. The van der Waals surface area contributed by atoms with E-state index in [0.717, 1.165) is 0 Å². The van der Waals surface area contributed by atoms with E-state index in [1.807, 2.05) is 0 Å². The lowest BCUT2D eigenvalue weighted by Gasteiger charge is -2.29. The van der Waals surface area contributed by atoms with Gasteiger partial charge in [-0.1, -0.05) is 30.3 Å². The molecule has 0 aliphatic rings. The van der Waals surface area contributed by atoms with Crippen LogP contribution in [0.25, 0.3) is 0 Å². The molecule has 7 heteroatoms. The minimum atomic E-state index is -3.75. The largest absolute Gasteiger partial charge is 0.372 e. The van der Waals surface area contributed by atoms with Crippen molar-refractivity contribution < 1.29 is 17.5 Å². The molecule has 23 heavy (non-hydrogen) atoms. The Morgan fingerprint density at radius 1 is 1.17 bits per heavy atom. The van der Waals surface area contributed by atoms with Crippen LogP contribution in [0, 0.1) is 5.82 Å². The second kappa shape index (κ2) is 7.09. The second-order valence-corrected chi connectivity index (χ2v) is 7.76. The predicted molar refractivity (Wildman–Crippen MR) is 90.1 cm³/mol. The van der Waals surface area contributed by atoms with Gasteiger partial charge in [0.05, 0.1) is 4.90 Å². The molecule has 0 saturated heterocycles. The number of ether oxygens (including phenoxy) is 1. The van der Waals surface area contributed by atoms with E-state index < -0.39 is 21.4 Å². The molecular weight excluding hydrogens is 385 g/mol. The van der Waals surface area contributed by atoms with Gasteiger partial charge in [0.1, 0.15) is 11.4 Å². The SMILES string of the molecule is COC(C)(CNS(=O)(=O)c1ccccc1Br)c1ccccc1F. The topological polar surface area (TPSA) is 55.4 Å². The highest BCUT2D eigenvalue weighted by Crippen LogP contribution is 2.27. The Morgan fingerprint density at radius 2 is 1.78 bits per heavy atom. The van der Waals surface area contributed by atoms with Crippen molar-refractivity contribution in [1.82, 2.24) is 4.72 Å². The molecule has 0 bridgehead atoms. The predicted octanol–water partition coefficient (Wildman–Crippen LogP) is 3.43. The van der Waals surface area contributed by atoms with Crippen molar-refractivity contribution in [3.05, 3.63) is 64.4 Å². The Bertz CT molecular complexity index is 797. The van der Waals surface area contributed by atoms with Crippen LogP contribution in [0.5, 0.6) is 0 Å². The van der Waals surface area contributed by atoms with Gasteiger partial charge in [0.2, 0.25) is 10.0 Å². The van der Waals surface area contributed by atoms with Gasteiger partial charge in [-0.2, -0.15) is 0 Å². The molecule has 0 aliphatic heterocycles. The van der Waals surface area contributed by atoms with Gasteiger partial charge in [0.25, 0.3) is 0 Å². The summed E-state index contributed by atoms with van der Waals surface area (Å²) in [6.45, 7) is 1.53. The lowest BCUT2D eigenvalue weighted by atomic mass is 9.95. The summed E-state index contributed by atoms with van der Waals surface area (Å²) in [5, 5.41) is 0. The average molecular weight is 402 g/mol. The van der Waals surface area contributed by atoms with Crippen LogP contribution in [-0.4, -0.2) is 22.1 Å². The summed E-state index contributed by atoms with van der Waals surface area (Å²) in [6, 6.07) is 12.6. The Labute approximate surface area is 143 Å². The molecule has 0 radical (unpaired) electrons. The maximum atomic E-state index is 14.0. The Hall–Kier alpha value is -1.28. The van der Waals surface area contributed by atoms with Gasteiger partial charge in [0.15, 0.2) is 0 Å². The van der Waals surface area contributed by atoms with Crippen molar-refractivity contribution >= 4 is 26.0 Å². The first-order valence-electron chi connectivity index (χ1n) is 6.84. The maximum Gasteiger partial charge on any atom is 0.241 e. The molecule has 0 aromatic heterocycles. The third-order valence-electron chi connectivity index (χ3n) is 3.62. The number of nitrogens with one attached hydrogen (secondary N) is 1. The fourth-order valence-electron chi connectivity index (χ4n) is 2.14. The zero-order chi connectivity index (χ0) is 17.1. The summed E-state index contributed by atoms with van der Waals surface area (Å²) in [5.74, 6) is -0.447. The first-order valence-corrected chi connectivity index (χ1v) is 9.12. The van der Waals surface area contributed by atoms with Crippen molar-refractivity contribution in [2.75, 3.05) is 13.7 Å². The van der Waals surface area contributed by atoms with E-state index in [1.54, 1.807) is 43.3 Å². The number of rotatable bonds is 6. The molecule has 2 aromatic carbocycles. The smallest absolute Gasteiger partial charge is 0.241 e. The van der Waals surface area contributed by atoms with Crippen LogP contribution < -0.4 is 4.72 Å². The van der Waals surface area contributed by atoms with Crippen LogP contribution >= 0.6 is 15.9 Å². The van der Waals surface area contributed by atoms with Crippen LogP contribution in [0.15, 0.2) is 57.9 Å². The highest BCUT2D eigenvalue weighted by atomic mass is 79.9. The summed E-state index contributed by atoms with van der Waals surface area (Å²) in [7, 11) is -2.34. The normalized spacial score (nSPS) is 14.4. The van der Waals surface area contributed by atoms with E-state index in [0.29, 0.717) is 4.47 Å². The molecule has 1 atom stereocenters. The molecule has 0 spiro atoms. The number of halogens is 2. The summed E-state index contributed by atoms with van der Waals surface area (Å²) in [4.78, 5) is 0.118. The molecule has 2 rings (SSSR count). The zero-order valence-corrected chi connectivity index (χ0v) is 15.1. The van der Waals surface area contributed by atoms with Crippen molar-refractivity contribution in [2.45, 2.75) is 17.4 Å². The molecule has 2 aromatic rings. The van der Waals surface area contributed by atoms with E-state index in [2.05, 4.69) is 20.7 Å². The monoisotopic (exact) mass is 401 g/mol. The van der Waals surface area contributed by atoms with Gasteiger partial charge >= 0.3 is 0 Å². The lowest BCUT2D eigenvalue weighted by molar-refractivity contribution is 0.00410. The van der Waals surface area contributed by atoms with Crippen LogP contribution in [0.3, 0.4) is 0 Å². The minimum absolute atomic E-state index is 0.103. The molecule has 0 saturated carbocycles. The third kappa shape index (κ3) is 3.98. The van der Waals surface area contributed by atoms with Crippen LogP contribution in [0.4, 0.5) is 4.39 Å². The van der Waals surface area contributed by atoms with E-state index in [-0.39, 0.29) is 17.0 Å². The highest BCUT2D eigenvalue weighted by Gasteiger charge is 2.31. The van der Waals surface area contributed by atoms with Crippen LogP contribution in [0.2, 0.25) is 0 Å².